The van der Waals surface area contributed by atoms with Crippen LogP contribution in [0.3, 0.4) is 0 Å². The number of benzene rings is 1. The molecule has 1 aliphatic rings. The van der Waals surface area contributed by atoms with E-state index in [0.717, 1.165) is 25.9 Å². The first kappa shape index (κ1) is 14.3. The zero-order valence-electron chi connectivity index (χ0n) is 11.2. The second-order valence-electron chi connectivity index (χ2n) is 4.66. The number of nitrogens with zero attached hydrogens (tertiary/aromatic N) is 1. The molecule has 1 aromatic rings. The maximum Gasteiger partial charge on any atom is 0.310 e. The molecule has 1 aromatic carbocycles. The number of nitrogens with one attached hydrogen (secondary N) is 2. The third-order valence-electron chi connectivity index (χ3n) is 3.27. The number of hydrogen-bond donors (Lipinski definition) is 2. The van der Waals surface area contributed by atoms with Gasteiger partial charge in [-0.2, -0.15) is 0 Å². The highest BCUT2D eigenvalue weighted by molar-refractivity contribution is 5.95. The fraction of sp³-hybridized carbons (Fsp3) is 0.462. The minimum atomic E-state index is -0.536. The lowest BCUT2D eigenvalue weighted by Gasteiger charge is -2.23. The Hall–Kier alpha value is -2.15. The van der Waals surface area contributed by atoms with Gasteiger partial charge in [0.2, 0.25) is 0 Å². The van der Waals surface area contributed by atoms with E-state index in [2.05, 4.69) is 10.6 Å². The van der Waals surface area contributed by atoms with Crippen LogP contribution >= 0.6 is 0 Å². The first-order chi connectivity index (χ1) is 9.61. The molecule has 0 bridgehead atoms. The second kappa shape index (κ2) is 6.33. The highest BCUT2D eigenvalue weighted by Gasteiger charge is 2.20. The number of amides is 1. The van der Waals surface area contributed by atoms with Gasteiger partial charge in [-0.1, -0.05) is 0 Å². The maximum atomic E-state index is 12.1. The summed E-state index contributed by atoms with van der Waals surface area (Å²) >= 11 is 0. The van der Waals surface area contributed by atoms with Crippen molar-refractivity contribution >= 4 is 11.6 Å². The van der Waals surface area contributed by atoms with Crippen LogP contribution in [0.4, 0.5) is 5.69 Å². The van der Waals surface area contributed by atoms with Crippen molar-refractivity contribution in [3.8, 4) is 5.75 Å². The summed E-state index contributed by atoms with van der Waals surface area (Å²) in [5.74, 6) is -0.156. The van der Waals surface area contributed by atoms with Crippen molar-refractivity contribution in [3.63, 3.8) is 0 Å². The Morgan fingerprint density at radius 2 is 2.35 bits per heavy atom. The fourth-order valence-electron chi connectivity index (χ4n) is 2.21. The van der Waals surface area contributed by atoms with Crippen LogP contribution in [0.1, 0.15) is 23.2 Å². The highest BCUT2D eigenvalue weighted by Crippen LogP contribution is 2.27. The summed E-state index contributed by atoms with van der Waals surface area (Å²) in [6, 6.07) is 4.21. The average molecular weight is 279 g/mol. The quantitative estimate of drug-likeness (QED) is 0.635. The third-order valence-corrected chi connectivity index (χ3v) is 3.27. The topological polar surface area (TPSA) is 93.5 Å². The normalized spacial score (nSPS) is 18.4. The van der Waals surface area contributed by atoms with E-state index in [1.807, 2.05) is 0 Å². The summed E-state index contributed by atoms with van der Waals surface area (Å²) < 4.78 is 4.95. The van der Waals surface area contributed by atoms with E-state index in [9.17, 15) is 14.9 Å². The summed E-state index contributed by atoms with van der Waals surface area (Å²) in [6.07, 6.45) is 1.96. The lowest BCUT2D eigenvalue weighted by atomic mass is 10.1. The molecule has 108 valence electrons. The first-order valence-electron chi connectivity index (χ1n) is 6.46. The molecule has 1 fully saturated rings. The smallest absolute Gasteiger partial charge is 0.310 e. The summed E-state index contributed by atoms with van der Waals surface area (Å²) in [7, 11) is 1.34. The summed E-state index contributed by atoms with van der Waals surface area (Å²) in [5, 5.41) is 16.9. The van der Waals surface area contributed by atoms with Crippen molar-refractivity contribution in [3.05, 3.63) is 33.9 Å². The van der Waals surface area contributed by atoms with Crippen LogP contribution in [-0.2, 0) is 0 Å². The Balaban J connectivity index is 2.11. The molecule has 0 aliphatic carbocycles. The van der Waals surface area contributed by atoms with Gasteiger partial charge in [0, 0.05) is 30.3 Å². The monoisotopic (exact) mass is 279 g/mol. The minimum Gasteiger partial charge on any atom is -0.490 e. The number of rotatable bonds is 4. The van der Waals surface area contributed by atoms with Gasteiger partial charge in [-0.05, 0) is 25.5 Å². The van der Waals surface area contributed by atoms with E-state index in [0.29, 0.717) is 5.56 Å². The van der Waals surface area contributed by atoms with Crippen LogP contribution in [0.15, 0.2) is 18.2 Å². The van der Waals surface area contributed by atoms with Gasteiger partial charge in [0.1, 0.15) is 0 Å². The Morgan fingerprint density at radius 1 is 1.55 bits per heavy atom. The van der Waals surface area contributed by atoms with Gasteiger partial charge < -0.3 is 15.4 Å². The number of carbonyl (C=O) groups is 1. The lowest BCUT2D eigenvalue weighted by Crippen LogP contribution is -2.45. The first-order valence-corrected chi connectivity index (χ1v) is 6.46. The predicted octanol–water partition coefficient (Wildman–Crippen LogP) is 1.09. The molecule has 0 saturated carbocycles. The molecule has 20 heavy (non-hydrogen) atoms. The summed E-state index contributed by atoms with van der Waals surface area (Å²) in [4.78, 5) is 22.4. The van der Waals surface area contributed by atoms with Crippen molar-refractivity contribution in [1.29, 1.82) is 0 Å². The number of carbonyl (C=O) groups excluding carboxylic acids is 1. The van der Waals surface area contributed by atoms with Gasteiger partial charge in [-0.15, -0.1) is 0 Å². The van der Waals surface area contributed by atoms with Gasteiger partial charge in [-0.25, -0.2) is 0 Å². The molecule has 1 amide bonds. The molecule has 2 rings (SSSR count). The van der Waals surface area contributed by atoms with Crippen molar-refractivity contribution in [2.45, 2.75) is 18.9 Å². The van der Waals surface area contributed by atoms with Crippen LogP contribution in [0.25, 0.3) is 0 Å². The van der Waals surface area contributed by atoms with E-state index in [-0.39, 0.29) is 23.4 Å². The standard InChI is InChI=1S/C13H17N3O4/c1-20-12-7-9(4-5-11(12)16(18)19)13(17)15-10-3-2-6-14-8-10/h4-5,7,10,14H,2-3,6,8H2,1H3,(H,15,17)/t10-/m0/s1. The van der Waals surface area contributed by atoms with Gasteiger partial charge in [-0.3, -0.25) is 14.9 Å². The van der Waals surface area contributed by atoms with Crippen LogP contribution in [-0.4, -0.2) is 37.1 Å². The number of nitro benzene ring substituents is 1. The van der Waals surface area contributed by atoms with Crippen LogP contribution < -0.4 is 15.4 Å². The molecule has 7 heteroatoms. The van der Waals surface area contributed by atoms with Crippen molar-refractivity contribution < 1.29 is 14.5 Å². The number of nitro groups is 1. The third kappa shape index (κ3) is 3.24. The molecule has 0 unspecified atom stereocenters. The van der Waals surface area contributed by atoms with Gasteiger partial charge in [0.15, 0.2) is 5.75 Å². The summed E-state index contributed by atoms with van der Waals surface area (Å²) in [6.45, 7) is 1.72. The van der Waals surface area contributed by atoms with Crippen LogP contribution in [0.5, 0.6) is 5.75 Å². The van der Waals surface area contributed by atoms with Crippen molar-refractivity contribution in [1.82, 2.24) is 10.6 Å². The number of hydrogen-bond acceptors (Lipinski definition) is 5. The molecular weight excluding hydrogens is 262 g/mol. The maximum absolute atomic E-state index is 12.1. The Labute approximate surface area is 116 Å². The van der Waals surface area contributed by atoms with Gasteiger partial charge in [0.05, 0.1) is 12.0 Å². The average Bonchev–Trinajstić information content (AvgIpc) is 2.47. The molecule has 7 nitrogen and oxygen atoms in total. The van der Waals surface area contributed by atoms with E-state index >= 15 is 0 Å². The lowest BCUT2D eigenvalue weighted by molar-refractivity contribution is -0.385. The Kier molecular flexibility index (Phi) is 4.52. The fourth-order valence-corrected chi connectivity index (χ4v) is 2.21. The Bertz CT molecular complexity index is 512. The van der Waals surface area contributed by atoms with E-state index < -0.39 is 4.92 Å². The zero-order chi connectivity index (χ0) is 14.5. The molecular formula is C13H17N3O4. The molecule has 0 aromatic heterocycles. The molecule has 1 aliphatic heterocycles. The molecule has 1 atom stereocenters. The Morgan fingerprint density at radius 3 is 2.95 bits per heavy atom. The van der Waals surface area contributed by atoms with Gasteiger partial charge in [0.25, 0.3) is 5.91 Å². The molecule has 1 heterocycles. The van der Waals surface area contributed by atoms with Gasteiger partial charge >= 0.3 is 5.69 Å². The summed E-state index contributed by atoms with van der Waals surface area (Å²) in [5.41, 5.74) is 0.210. The second-order valence-corrected chi connectivity index (χ2v) is 4.66. The van der Waals surface area contributed by atoms with E-state index in [1.54, 1.807) is 0 Å². The molecule has 2 N–H and O–H groups in total. The zero-order valence-corrected chi connectivity index (χ0v) is 11.2. The molecule has 0 spiro atoms. The number of methoxy groups -OCH3 is 1. The van der Waals surface area contributed by atoms with Crippen LogP contribution in [0.2, 0.25) is 0 Å². The number of piperidine rings is 1. The minimum absolute atomic E-state index is 0.0874. The number of ether oxygens (including phenoxy) is 1. The molecule has 1 saturated heterocycles. The molecule has 0 radical (unpaired) electrons. The van der Waals surface area contributed by atoms with Crippen LogP contribution in [0, 0.1) is 10.1 Å². The SMILES string of the molecule is COc1cc(C(=O)N[C@H]2CCCNC2)ccc1[N+](=O)[O-]. The van der Waals surface area contributed by atoms with E-state index in [1.165, 1.54) is 25.3 Å². The predicted molar refractivity (Wildman–Crippen MR) is 73.0 cm³/mol. The highest BCUT2D eigenvalue weighted by atomic mass is 16.6. The van der Waals surface area contributed by atoms with Crippen molar-refractivity contribution in [2.24, 2.45) is 0 Å². The largest absolute Gasteiger partial charge is 0.490 e. The van der Waals surface area contributed by atoms with E-state index in [4.69, 9.17) is 4.74 Å². The van der Waals surface area contributed by atoms with Crippen molar-refractivity contribution in [2.75, 3.05) is 20.2 Å².